The lowest BCUT2D eigenvalue weighted by Gasteiger charge is -2.13. The zero-order valence-electron chi connectivity index (χ0n) is 19.8. The van der Waals surface area contributed by atoms with Gasteiger partial charge in [0.15, 0.2) is 18.1 Å². The van der Waals surface area contributed by atoms with Gasteiger partial charge in [0.1, 0.15) is 12.4 Å². The van der Waals surface area contributed by atoms with Gasteiger partial charge in [0.2, 0.25) is 0 Å². The standard InChI is InChI=1S/C27H30N2O4/c1-18-6-10-22(11-7-18)16-32-24-13-12-23(14-25(24)31-5)15-28-29-26(30)17-33-27-20(3)9-8-19(2)21(27)4/h6-15H,16-17H2,1-5H3,(H,29,30)/b28-15+. The molecule has 0 unspecified atom stereocenters. The van der Waals surface area contributed by atoms with Gasteiger partial charge in [0.05, 0.1) is 13.3 Å². The topological polar surface area (TPSA) is 69.2 Å². The van der Waals surface area contributed by atoms with E-state index in [0.717, 1.165) is 33.6 Å². The van der Waals surface area contributed by atoms with E-state index in [1.807, 2.05) is 57.2 Å². The van der Waals surface area contributed by atoms with Crippen LogP contribution in [-0.2, 0) is 11.4 Å². The van der Waals surface area contributed by atoms with Crippen molar-refractivity contribution < 1.29 is 19.0 Å². The smallest absolute Gasteiger partial charge is 0.277 e. The van der Waals surface area contributed by atoms with Gasteiger partial charge in [-0.3, -0.25) is 4.79 Å². The first-order chi connectivity index (χ1) is 15.9. The number of hydrazone groups is 1. The van der Waals surface area contributed by atoms with E-state index in [1.54, 1.807) is 19.4 Å². The summed E-state index contributed by atoms with van der Waals surface area (Å²) in [5.41, 5.74) is 8.68. The van der Waals surface area contributed by atoms with Crippen molar-refractivity contribution in [3.05, 3.63) is 88.0 Å². The summed E-state index contributed by atoms with van der Waals surface area (Å²) in [6, 6.07) is 17.7. The number of carbonyl (C=O) groups is 1. The zero-order chi connectivity index (χ0) is 23.8. The van der Waals surface area contributed by atoms with Gasteiger partial charge in [-0.25, -0.2) is 5.43 Å². The molecule has 33 heavy (non-hydrogen) atoms. The molecule has 0 bridgehead atoms. The second kappa shape index (κ2) is 11.2. The molecule has 0 heterocycles. The van der Waals surface area contributed by atoms with E-state index in [9.17, 15) is 4.79 Å². The molecule has 0 saturated carbocycles. The summed E-state index contributed by atoms with van der Waals surface area (Å²) in [6.45, 7) is 8.33. The summed E-state index contributed by atoms with van der Waals surface area (Å²) in [4.78, 5) is 12.1. The molecule has 0 fully saturated rings. The number of hydrogen-bond donors (Lipinski definition) is 1. The summed E-state index contributed by atoms with van der Waals surface area (Å²) in [6.07, 6.45) is 1.55. The minimum absolute atomic E-state index is 0.114. The molecule has 0 spiro atoms. The molecule has 0 aliphatic heterocycles. The number of benzene rings is 3. The van der Waals surface area contributed by atoms with E-state index in [1.165, 1.54) is 5.56 Å². The minimum Gasteiger partial charge on any atom is -0.493 e. The van der Waals surface area contributed by atoms with E-state index >= 15 is 0 Å². The molecule has 1 amide bonds. The third-order valence-electron chi connectivity index (χ3n) is 5.33. The van der Waals surface area contributed by atoms with Gasteiger partial charge in [-0.1, -0.05) is 42.0 Å². The molecule has 1 N–H and O–H groups in total. The highest BCUT2D eigenvalue weighted by Gasteiger charge is 2.09. The van der Waals surface area contributed by atoms with Crippen LogP contribution in [0.1, 0.15) is 33.4 Å². The van der Waals surface area contributed by atoms with Crippen LogP contribution < -0.4 is 19.6 Å². The molecule has 0 aromatic heterocycles. The molecule has 0 aliphatic carbocycles. The molecule has 172 valence electrons. The maximum Gasteiger partial charge on any atom is 0.277 e. The summed E-state index contributed by atoms with van der Waals surface area (Å²) < 4.78 is 17.1. The van der Waals surface area contributed by atoms with Crippen LogP contribution in [0.15, 0.2) is 59.7 Å². The quantitative estimate of drug-likeness (QED) is 0.369. The number of hydrogen-bond acceptors (Lipinski definition) is 5. The number of amides is 1. The highest BCUT2D eigenvalue weighted by atomic mass is 16.5. The molecule has 6 heteroatoms. The van der Waals surface area contributed by atoms with Crippen LogP contribution in [0.2, 0.25) is 0 Å². The summed E-state index contributed by atoms with van der Waals surface area (Å²) in [7, 11) is 1.59. The Bertz CT molecular complexity index is 1140. The third kappa shape index (κ3) is 6.59. The molecule has 6 nitrogen and oxygen atoms in total. The Hall–Kier alpha value is -3.80. The van der Waals surface area contributed by atoms with E-state index in [0.29, 0.717) is 18.1 Å². The molecule has 3 rings (SSSR count). The molecule has 3 aromatic rings. The van der Waals surface area contributed by atoms with Gasteiger partial charge in [-0.05, 0) is 73.7 Å². The number of methoxy groups -OCH3 is 1. The highest BCUT2D eigenvalue weighted by Crippen LogP contribution is 2.28. The van der Waals surface area contributed by atoms with Crippen molar-refractivity contribution in [1.29, 1.82) is 0 Å². The van der Waals surface area contributed by atoms with E-state index in [-0.39, 0.29) is 12.5 Å². The predicted molar refractivity (Wildman–Crippen MR) is 130 cm³/mol. The average Bonchev–Trinajstić information content (AvgIpc) is 2.81. The van der Waals surface area contributed by atoms with Gasteiger partial charge in [0.25, 0.3) is 5.91 Å². The van der Waals surface area contributed by atoms with Crippen molar-refractivity contribution in [2.24, 2.45) is 5.10 Å². The van der Waals surface area contributed by atoms with Gasteiger partial charge >= 0.3 is 0 Å². The minimum atomic E-state index is -0.337. The first-order valence-corrected chi connectivity index (χ1v) is 10.7. The van der Waals surface area contributed by atoms with Crippen molar-refractivity contribution in [1.82, 2.24) is 5.43 Å². The van der Waals surface area contributed by atoms with Crippen LogP contribution in [0, 0.1) is 27.7 Å². The van der Waals surface area contributed by atoms with Crippen LogP contribution in [0.4, 0.5) is 0 Å². The van der Waals surface area contributed by atoms with Crippen LogP contribution in [0.5, 0.6) is 17.2 Å². The van der Waals surface area contributed by atoms with Crippen molar-refractivity contribution in [2.75, 3.05) is 13.7 Å². The maximum absolute atomic E-state index is 12.1. The van der Waals surface area contributed by atoms with Crippen LogP contribution >= 0.6 is 0 Å². The molecule has 0 aliphatic rings. The molecule has 0 radical (unpaired) electrons. The highest BCUT2D eigenvalue weighted by molar-refractivity contribution is 5.83. The first-order valence-electron chi connectivity index (χ1n) is 10.7. The Kier molecular flexibility index (Phi) is 8.08. The lowest BCUT2D eigenvalue weighted by Crippen LogP contribution is -2.25. The summed E-state index contributed by atoms with van der Waals surface area (Å²) in [5, 5.41) is 4.02. The van der Waals surface area contributed by atoms with Crippen molar-refractivity contribution >= 4 is 12.1 Å². The summed E-state index contributed by atoms with van der Waals surface area (Å²) >= 11 is 0. The van der Waals surface area contributed by atoms with Gasteiger partial charge in [-0.2, -0.15) is 5.10 Å². The van der Waals surface area contributed by atoms with Crippen molar-refractivity contribution in [3.8, 4) is 17.2 Å². The molecular weight excluding hydrogens is 416 g/mol. The van der Waals surface area contributed by atoms with E-state index in [2.05, 4.69) is 29.6 Å². The van der Waals surface area contributed by atoms with Crippen molar-refractivity contribution in [3.63, 3.8) is 0 Å². The van der Waals surface area contributed by atoms with E-state index < -0.39 is 0 Å². The van der Waals surface area contributed by atoms with Crippen molar-refractivity contribution in [2.45, 2.75) is 34.3 Å². The van der Waals surface area contributed by atoms with Gasteiger partial charge < -0.3 is 14.2 Å². The Morgan fingerprint density at radius 2 is 1.64 bits per heavy atom. The Balaban J connectivity index is 1.54. The normalized spacial score (nSPS) is 10.8. The van der Waals surface area contributed by atoms with E-state index in [4.69, 9.17) is 14.2 Å². The summed E-state index contributed by atoms with van der Waals surface area (Å²) in [5.74, 6) is 1.62. The third-order valence-corrected chi connectivity index (χ3v) is 5.33. The lowest BCUT2D eigenvalue weighted by molar-refractivity contribution is -0.123. The fourth-order valence-corrected chi connectivity index (χ4v) is 3.23. The van der Waals surface area contributed by atoms with Crippen LogP contribution in [0.3, 0.4) is 0 Å². The number of carbonyl (C=O) groups excluding carboxylic acids is 1. The van der Waals surface area contributed by atoms with Crippen LogP contribution in [0.25, 0.3) is 0 Å². The molecule has 0 saturated heterocycles. The monoisotopic (exact) mass is 446 g/mol. The first kappa shape index (κ1) is 23.9. The largest absolute Gasteiger partial charge is 0.493 e. The Morgan fingerprint density at radius 1 is 0.909 bits per heavy atom. The number of nitrogens with one attached hydrogen (secondary N) is 1. The number of nitrogens with zero attached hydrogens (tertiary/aromatic N) is 1. The van der Waals surface area contributed by atoms with Crippen LogP contribution in [-0.4, -0.2) is 25.8 Å². The fraction of sp³-hybridized carbons (Fsp3) is 0.259. The fourth-order valence-electron chi connectivity index (χ4n) is 3.23. The maximum atomic E-state index is 12.1. The molecule has 3 aromatic carbocycles. The lowest BCUT2D eigenvalue weighted by atomic mass is 10.1. The molecule has 0 atom stereocenters. The predicted octanol–water partition coefficient (Wildman–Crippen LogP) is 5.04. The second-order valence-electron chi connectivity index (χ2n) is 7.92. The number of ether oxygens (including phenoxy) is 3. The zero-order valence-corrected chi connectivity index (χ0v) is 19.8. The van der Waals surface area contributed by atoms with Gasteiger partial charge in [0, 0.05) is 0 Å². The second-order valence-corrected chi connectivity index (χ2v) is 7.92. The average molecular weight is 447 g/mol. The number of rotatable bonds is 9. The number of aryl methyl sites for hydroxylation is 3. The Morgan fingerprint density at radius 3 is 2.36 bits per heavy atom. The Labute approximate surface area is 195 Å². The SMILES string of the molecule is COc1cc(/C=N/NC(=O)COc2c(C)ccc(C)c2C)ccc1OCc1ccc(C)cc1. The molecular formula is C27H30N2O4. The van der Waals surface area contributed by atoms with Gasteiger partial charge in [-0.15, -0.1) is 0 Å².